The van der Waals surface area contributed by atoms with Crippen LogP contribution in [-0.4, -0.2) is 51.1 Å². The first-order valence-electron chi connectivity index (χ1n) is 11.2. The van der Waals surface area contributed by atoms with Gasteiger partial charge < -0.3 is 20.3 Å². The normalized spacial score (nSPS) is 21.1. The number of aryl methyl sites for hydroxylation is 1. The molecule has 38 heavy (non-hydrogen) atoms. The van der Waals surface area contributed by atoms with E-state index in [0.717, 1.165) is 4.57 Å². The quantitative estimate of drug-likeness (QED) is 0.132. The standard InChI is InChI=1S/C21H26N7O9P/c1-11-9-28(21(32)25-20(11)31)18-8-15(26-27-23)17(36-18)10-35-38(33,34)37-14-5-3-13(4-6-14)7-16(19(22)30)24-12(2)29/h3-6,9,15-18H,7-8,10H2,1-2H3,(H2,22,30)(H,24,29)(H,33,34)(H,25,31,32)/t15-,16-,17+,18+/m0/s1. The lowest BCUT2D eigenvalue weighted by Crippen LogP contribution is -2.44. The van der Waals surface area contributed by atoms with Gasteiger partial charge in [0.05, 0.1) is 18.8 Å². The van der Waals surface area contributed by atoms with Crippen LogP contribution in [0.15, 0.2) is 45.2 Å². The van der Waals surface area contributed by atoms with Crippen LogP contribution in [0.2, 0.25) is 0 Å². The van der Waals surface area contributed by atoms with Crippen LogP contribution in [0.5, 0.6) is 5.75 Å². The lowest BCUT2D eigenvalue weighted by atomic mass is 10.1. The number of hydrogen-bond acceptors (Lipinski definition) is 9. The number of amides is 2. The third-order valence-electron chi connectivity index (χ3n) is 5.57. The van der Waals surface area contributed by atoms with Crippen LogP contribution in [0.1, 0.15) is 30.7 Å². The first-order chi connectivity index (χ1) is 17.9. The topological polar surface area (TPSA) is 241 Å². The fourth-order valence-electron chi connectivity index (χ4n) is 3.74. The van der Waals surface area contributed by atoms with E-state index in [1.54, 1.807) is 0 Å². The molecular weight excluding hydrogens is 525 g/mol. The maximum atomic E-state index is 12.5. The number of carbonyl (C=O) groups excluding carboxylic acids is 2. The summed E-state index contributed by atoms with van der Waals surface area (Å²) in [5.74, 6) is -1.17. The molecule has 1 aliphatic heterocycles. The molecule has 0 saturated carbocycles. The minimum Gasteiger partial charge on any atom is -0.404 e. The first kappa shape index (κ1) is 28.6. The Morgan fingerprint density at radius 2 is 2.08 bits per heavy atom. The van der Waals surface area contributed by atoms with Crippen LogP contribution in [0.25, 0.3) is 10.4 Å². The van der Waals surface area contributed by atoms with Gasteiger partial charge in [-0.1, -0.05) is 17.2 Å². The molecular formula is C21H26N7O9P. The van der Waals surface area contributed by atoms with E-state index < -0.39 is 61.9 Å². The Bertz CT molecular complexity index is 1400. The molecule has 0 aliphatic carbocycles. The molecule has 1 fully saturated rings. The number of azide groups is 1. The molecule has 5 N–H and O–H groups in total. The van der Waals surface area contributed by atoms with Crippen molar-refractivity contribution in [1.82, 2.24) is 14.9 Å². The second-order valence-corrected chi connectivity index (χ2v) is 9.85. The monoisotopic (exact) mass is 551 g/mol. The number of aromatic nitrogens is 2. The van der Waals surface area contributed by atoms with Gasteiger partial charge in [0.25, 0.3) is 5.56 Å². The summed E-state index contributed by atoms with van der Waals surface area (Å²) >= 11 is 0. The molecule has 1 unspecified atom stereocenters. The van der Waals surface area contributed by atoms with E-state index in [2.05, 4.69) is 20.3 Å². The van der Waals surface area contributed by atoms with Crippen molar-refractivity contribution in [2.24, 2.45) is 10.8 Å². The SMILES string of the molecule is CC(=O)N[C@@H](Cc1ccc(OP(=O)(O)OC[C@H]2O[C@@H](n3cc(C)c(=O)[nH]c3=O)C[C@@H]2N=[N+]=[N-])cc1)C(N)=O. The number of phosphoric acid groups is 1. The molecule has 5 atom stereocenters. The molecule has 2 aromatic rings. The van der Waals surface area contributed by atoms with Crippen LogP contribution < -0.4 is 26.8 Å². The van der Waals surface area contributed by atoms with E-state index in [4.69, 9.17) is 25.0 Å². The Kier molecular flexibility index (Phi) is 9.09. The lowest BCUT2D eigenvalue weighted by molar-refractivity contribution is -0.126. The van der Waals surface area contributed by atoms with Crippen molar-refractivity contribution in [2.45, 2.75) is 51.1 Å². The number of hydrogen-bond donors (Lipinski definition) is 4. The molecule has 1 aromatic heterocycles. The van der Waals surface area contributed by atoms with Crippen molar-refractivity contribution >= 4 is 19.6 Å². The van der Waals surface area contributed by atoms with Gasteiger partial charge in [-0.15, -0.1) is 0 Å². The van der Waals surface area contributed by atoms with Crippen molar-refractivity contribution in [2.75, 3.05) is 6.61 Å². The number of ether oxygens (including phenoxy) is 1. The summed E-state index contributed by atoms with van der Waals surface area (Å²) in [5, 5.41) is 6.05. The number of rotatable bonds is 11. The highest BCUT2D eigenvalue weighted by molar-refractivity contribution is 7.47. The molecule has 2 heterocycles. The van der Waals surface area contributed by atoms with Gasteiger partial charge in [0.15, 0.2) is 0 Å². The number of H-pyrrole nitrogens is 1. The smallest absolute Gasteiger partial charge is 0.404 e. The largest absolute Gasteiger partial charge is 0.527 e. The zero-order valence-electron chi connectivity index (χ0n) is 20.3. The van der Waals surface area contributed by atoms with Gasteiger partial charge >= 0.3 is 13.5 Å². The lowest BCUT2D eigenvalue weighted by Gasteiger charge is -2.19. The number of primary amides is 1. The molecule has 0 radical (unpaired) electrons. The van der Waals surface area contributed by atoms with Crippen molar-refractivity contribution in [3.05, 3.63) is 72.9 Å². The van der Waals surface area contributed by atoms with Crippen molar-refractivity contribution < 1.29 is 32.8 Å². The van der Waals surface area contributed by atoms with Gasteiger partial charge in [0.1, 0.15) is 18.0 Å². The van der Waals surface area contributed by atoms with Crippen LogP contribution in [0.4, 0.5) is 0 Å². The number of nitrogens with zero attached hydrogens (tertiary/aromatic N) is 4. The Labute approximate surface area is 215 Å². The Balaban J connectivity index is 1.63. The van der Waals surface area contributed by atoms with E-state index in [0.29, 0.717) is 5.56 Å². The maximum absolute atomic E-state index is 12.5. The Morgan fingerprint density at radius 3 is 2.68 bits per heavy atom. The Hall–Kier alpha value is -3.94. The van der Waals surface area contributed by atoms with Gasteiger partial charge in [-0.3, -0.25) is 33.4 Å². The van der Waals surface area contributed by atoms with E-state index in [1.165, 1.54) is 44.3 Å². The molecule has 1 aliphatic rings. The van der Waals surface area contributed by atoms with E-state index in [-0.39, 0.29) is 24.2 Å². The highest BCUT2D eigenvalue weighted by Crippen LogP contribution is 2.45. The summed E-state index contributed by atoms with van der Waals surface area (Å²) in [6.45, 7) is 2.24. The molecule has 204 valence electrons. The molecule has 1 saturated heterocycles. The highest BCUT2D eigenvalue weighted by atomic mass is 31.2. The third-order valence-corrected chi connectivity index (χ3v) is 6.48. The summed E-state index contributed by atoms with van der Waals surface area (Å²) in [6.07, 6.45) is -0.474. The summed E-state index contributed by atoms with van der Waals surface area (Å²) in [4.78, 5) is 61.6. The molecule has 0 bridgehead atoms. The van der Waals surface area contributed by atoms with Gasteiger partial charge in [-0.05, 0) is 30.2 Å². The maximum Gasteiger partial charge on any atom is 0.527 e. The first-order valence-corrected chi connectivity index (χ1v) is 12.7. The van der Waals surface area contributed by atoms with Crippen LogP contribution in [0, 0.1) is 6.92 Å². The molecule has 3 rings (SSSR count). The average molecular weight is 551 g/mol. The van der Waals surface area contributed by atoms with E-state index in [9.17, 15) is 28.6 Å². The zero-order chi connectivity index (χ0) is 28.0. The van der Waals surface area contributed by atoms with Gasteiger partial charge in [-0.2, -0.15) is 0 Å². The summed E-state index contributed by atoms with van der Waals surface area (Å²) in [7, 11) is -4.67. The van der Waals surface area contributed by atoms with Crippen LogP contribution in [0.3, 0.4) is 0 Å². The van der Waals surface area contributed by atoms with Crippen molar-refractivity contribution in [3.8, 4) is 5.75 Å². The minimum absolute atomic E-state index is 0.0261. The zero-order valence-corrected chi connectivity index (χ0v) is 21.2. The fourth-order valence-corrected chi connectivity index (χ4v) is 4.52. The highest BCUT2D eigenvalue weighted by Gasteiger charge is 2.38. The predicted octanol–water partition coefficient (Wildman–Crippen LogP) is 0.540. The fraction of sp³-hybridized carbons (Fsp3) is 0.429. The summed E-state index contributed by atoms with van der Waals surface area (Å²) < 4.78 is 29.5. The number of nitrogens with two attached hydrogens (primary N) is 1. The number of benzene rings is 1. The number of carbonyl (C=O) groups is 2. The number of aromatic amines is 1. The predicted molar refractivity (Wildman–Crippen MR) is 131 cm³/mol. The Morgan fingerprint density at radius 1 is 1.39 bits per heavy atom. The van der Waals surface area contributed by atoms with E-state index in [1.807, 2.05) is 0 Å². The van der Waals surface area contributed by atoms with Gasteiger partial charge in [-0.25, -0.2) is 9.36 Å². The molecule has 16 nitrogen and oxygen atoms in total. The molecule has 17 heteroatoms. The number of nitrogens with one attached hydrogen (secondary N) is 2. The van der Waals surface area contributed by atoms with E-state index >= 15 is 0 Å². The van der Waals surface area contributed by atoms with Crippen molar-refractivity contribution in [3.63, 3.8) is 0 Å². The van der Waals surface area contributed by atoms with Crippen molar-refractivity contribution in [1.29, 1.82) is 0 Å². The molecule has 2 amide bonds. The summed E-state index contributed by atoms with van der Waals surface area (Å²) in [5.41, 5.74) is 13.7. The van der Waals surface area contributed by atoms with Gasteiger partial charge in [0.2, 0.25) is 11.8 Å². The van der Waals surface area contributed by atoms with Gasteiger partial charge in [0, 0.05) is 36.4 Å². The third kappa shape index (κ3) is 7.54. The summed E-state index contributed by atoms with van der Waals surface area (Å²) in [6, 6.07) is 3.98. The second kappa shape index (κ2) is 12.1. The van der Waals surface area contributed by atoms with Crippen LogP contribution >= 0.6 is 7.82 Å². The average Bonchev–Trinajstić information content (AvgIpc) is 3.23. The molecule has 1 aromatic carbocycles. The minimum atomic E-state index is -4.67. The molecule has 0 spiro atoms. The van der Waals surface area contributed by atoms with Crippen LogP contribution in [-0.2, 0) is 29.8 Å². The number of phosphoric ester groups is 1. The second-order valence-electron chi connectivity index (χ2n) is 8.47.